The first-order valence-electron chi connectivity index (χ1n) is 7.37. The molecule has 0 aliphatic heterocycles. The maximum atomic E-state index is 12.3. The molecule has 1 amide bonds. The van der Waals surface area contributed by atoms with Crippen LogP contribution in [0.2, 0.25) is 0 Å². The van der Waals surface area contributed by atoms with Gasteiger partial charge in [-0.25, -0.2) is 4.98 Å². The van der Waals surface area contributed by atoms with Crippen molar-refractivity contribution in [2.75, 3.05) is 5.32 Å². The molecule has 0 unspecified atom stereocenters. The molecule has 0 aliphatic rings. The number of carbonyl (C=O) groups is 1. The number of nitrogens with zero attached hydrogens (tertiary/aromatic N) is 5. The lowest BCUT2D eigenvalue weighted by Crippen LogP contribution is -2.14. The Hall–Kier alpha value is -3.00. The van der Waals surface area contributed by atoms with Gasteiger partial charge in [-0.2, -0.15) is 10.2 Å². The summed E-state index contributed by atoms with van der Waals surface area (Å²) in [6, 6.07) is 9.53. The van der Waals surface area contributed by atoms with Crippen LogP contribution in [0.25, 0.3) is 10.2 Å². The molecule has 0 fully saturated rings. The summed E-state index contributed by atoms with van der Waals surface area (Å²) in [5.74, 6) is -0.273. The Labute approximate surface area is 141 Å². The Morgan fingerprint density at radius 3 is 3.00 bits per heavy atom. The number of hydrogen-bond donors (Lipinski definition) is 1. The highest BCUT2D eigenvalue weighted by Crippen LogP contribution is 2.26. The van der Waals surface area contributed by atoms with Crippen molar-refractivity contribution in [3.63, 3.8) is 0 Å². The lowest BCUT2D eigenvalue weighted by atomic mass is 10.2. The first-order valence-corrected chi connectivity index (χ1v) is 8.18. The lowest BCUT2D eigenvalue weighted by Gasteiger charge is -2.01. The van der Waals surface area contributed by atoms with E-state index in [9.17, 15) is 4.79 Å². The molecule has 0 atom stereocenters. The number of anilines is 1. The molecule has 1 N–H and O–H groups in total. The second kappa shape index (κ2) is 5.89. The van der Waals surface area contributed by atoms with Crippen molar-refractivity contribution in [3.8, 4) is 0 Å². The summed E-state index contributed by atoms with van der Waals surface area (Å²) in [5.41, 5.74) is 2.39. The summed E-state index contributed by atoms with van der Waals surface area (Å²) in [5, 5.41) is 11.8. The van der Waals surface area contributed by atoms with Crippen LogP contribution in [0.1, 0.15) is 16.1 Å². The van der Waals surface area contributed by atoms with Gasteiger partial charge in [-0.05, 0) is 36.8 Å². The molecule has 0 spiro atoms. The fourth-order valence-corrected chi connectivity index (χ4v) is 3.30. The zero-order chi connectivity index (χ0) is 16.5. The zero-order valence-electron chi connectivity index (χ0n) is 12.9. The molecule has 0 saturated heterocycles. The van der Waals surface area contributed by atoms with Gasteiger partial charge in [-0.3, -0.25) is 19.5 Å². The van der Waals surface area contributed by atoms with Gasteiger partial charge in [-0.15, -0.1) is 0 Å². The highest BCUT2D eigenvalue weighted by Gasteiger charge is 2.13. The Balaban J connectivity index is 1.50. The minimum atomic E-state index is -0.273. The number of benzene rings is 1. The smallest absolute Gasteiger partial charge is 0.277 e. The van der Waals surface area contributed by atoms with E-state index >= 15 is 0 Å². The van der Waals surface area contributed by atoms with Crippen molar-refractivity contribution in [1.29, 1.82) is 0 Å². The van der Waals surface area contributed by atoms with Crippen LogP contribution in [0, 0.1) is 6.92 Å². The summed E-state index contributed by atoms with van der Waals surface area (Å²) in [4.78, 5) is 16.8. The third-order valence-corrected chi connectivity index (χ3v) is 4.42. The van der Waals surface area contributed by atoms with Gasteiger partial charge in [0.2, 0.25) is 0 Å². The van der Waals surface area contributed by atoms with Crippen molar-refractivity contribution in [1.82, 2.24) is 24.5 Å². The monoisotopic (exact) mass is 338 g/mol. The summed E-state index contributed by atoms with van der Waals surface area (Å²) >= 11 is 1.45. The van der Waals surface area contributed by atoms with Crippen LogP contribution in [0.3, 0.4) is 0 Å². The number of carbonyl (C=O) groups excluding carboxylic acids is 1. The summed E-state index contributed by atoms with van der Waals surface area (Å²) in [6.07, 6.45) is 5.29. The molecule has 0 bridgehead atoms. The number of hydrogen-bond acceptors (Lipinski definition) is 5. The third kappa shape index (κ3) is 2.91. The fraction of sp³-hybridized carbons (Fsp3) is 0.125. The van der Waals surface area contributed by atoms with Gasteiger partial charge in [0.15, 0.2) is 10.8 Å². The predicted octanol–water partition coefficient (Wildman–Crippen LogP) is 2.76. The SMILES string of the molecule is Cc1ccc2nc(NC(=O)c3ccn(Cn4cccn4)n3)sc2c1. The van der Waals surface area contributed by atoms with Gasteiger partial charge in [0.25, 0.3) is 5.91 Å². The van der Waals surface area contributed by atoms with Gasteiger partial charge in [0.05, 0.1) is 10.2 Å². The first kappa shape index (κ1) is 14.6. The van der Waals surface area contributed by atoms with Crippen LogP contribution in [0.4, 0.5) is 5.13 Å². The van der Waals surface area contributed by atoms with Crippen LogP contribution in [-0.2, 0) is 6.67 Å². The van der Waals surface area contributed by atoms with Crippen LogP contribution in [0.5, 0.6) is 0 Å². The molecule has 7 nitrogen and oxygen atoms in total. The van der Waals surface area contributed by atoms with Crippen molar-refractivity contribution in [2.24, 2.45) is 0 Å². The first-order chi connectivity index (χ1) is 11.7. The highest BCUT2D eigenvalue weighted by atomic mass is 32.1. The summed E-state index contributed by atoms with van der Waals surface area (Å²) in [6.45, 7) is 2.49. The fourth-order valence-electron chi connectivity index (χ4n) is 2.34. The Kier molecular flexibility index (Phi) is 3.58. The van der Waals surface area contributed by atoms with E-state index in [2.05, 4.69) is 26.6 Å². The molecule has 4 rings (SSSR count). The van der Waals surface area contributed by atoms with Crippen molar-refractivity contribution >= 4 is 32.6 Å². The second-order valence-corrected chi connectivity index (χ2v) is 6.40. The Morgan fingerprint density at radius 2 is 2.17 bits per heavy atom. The average molecular weight is 338 g/mol. The van der Waals surface area contributed by atoms with E-state index in [0.717, 1.165) is 10.2 Å². The van der Waals surface area contributed by atoms with E-state index in [1.165, 1.54) is 16.9 Å². The molecule has 1 aromatic carbocycles. The molecule has 4 aromatic rings. The number of thiazole rings is 1. The van der Waals surface area contributed by atoms with Crippen LogP contribution in [0.15, 0.2) is 48.9 Å². The molecule has 0 aliphatic carbocycles. The largest absolute Gasteiger partial charge is 0.296 e. The molecule has 8 heteroatoms. The maximum Gasteiger partial charge on any atom is 0.277 e. The standard InChI is InChI=1S/C16H14N6OS/c1-11-3-4-12-14(9-11)24-16(18-12)19-15(23)13-5-8-22(20-13)10-21-7-2-6-17-21/h2-9H,10H2,1H3,(H,18,19,23). The molecular weight excluding hydrogens is 324 g/mol. The van der Waals surface area contributed by atoms with Crippen LogP contribution < -0.4 is 5.32 Å². The Bertz CT molecular complexity index is 1000. The minimum Gasteiger partial charge on any atom is -0.296 e. The van der Waals surface area contributed by atoms with Gasteiger partial charge in [0.1, 0.15) is 6.67 Å². The summed E-state index contributed by atoms with van der Waals surface area (Å²) in [7, 11) is 0. The molecule has 0 radical (unpaired) electrons. The zero-order valence-corrected chi connectivity index (χ0v) is 13.7. The predicted molar refractivity (Wildman–Crippen MR) is 92.2 cm³/mol. The van der Waals surface area contributed by atoms with Crippen molar-refractivity contribution in [2.45, 2.75) is 13.6 Å². The van der Waals surface area contributed by atoms with Crippen LogP contribution >= 0.6 is 11.3 Å². The van der Waals surface area contributed by atoms with E-state index in [1.54, 1.807) is 27.8 Å². The molecule has 24 heavy (non-hydrogen) atoms. The van der Waals surface area contributed by atoms with Gasteiger partial charge >= 0.3 is 0 Å². The van der Waals surface area contributed by atoms with E-state index in [0.29, 0.717) is 17.5 Å². The second-order valence-electron chi connectivity index (χ2n) is 5.37. The topological polar surface area (TPSA) is 77.6 Å². The van der Waals surface area contributed by atoms with Crippen molar-refractivity contribution < 1.29 is 4.79 Å². The number of aromatic nitrogens is 5. The molecule has 120 valence electrons. The van der Waals surface area contributed by atoms with Gasteiger partial charge in [0, 0.05) is 18.6 Å². The highest BCUT2D eigenvalue weighted by molar-refractivity contribution is 7.22. The van der Waals surface area contributed by atoms with E-state index in [1.807, 2.05) is 31.3 Å². The third-order valence-electron chi connectivity index (χ3n) is 3.49. The van der Waals surface area contributed by atoms with Crippen molar-refractivity contribution in [3.05, 3.63) is 60.2 Å². The lowest BCUT2D eigenvalue weighted by molar-refractivity contribution is 0.102. The van der Waals surface area contributed by atoms with Gasteiger partial charge < -0.3 is 0 Å². The molecule has 3 aromatic heterocycles. The number of amides is 1. The average Bonchev–Trinajstić information content (AvgIpc) is 3.27. The van der Waals surface area contributed by atoms with Gasteiger partial charge in [-0.1, -0.05) is 17.4 Å². The number of nitrogens with one attached hydrogen (secondary N) is 1. The Morgan fingerprint density at radius 1 is 1.25 bits per heavy atom. The summed E-state index contributed by atoms with van der Waals surface area (Å²) < 4.78 is 4.43. The van der Waals surface area contributed by atoms with E-state index < -0.39 is 0 Å². The minimum absolute atomic E-state index is 0.273. The molecular formula is C16H14N6OS. The van der Waals surface area contributed by atoms with E-state index in [-0.39, 0.29) is 5.91 Å². The molecule has 3 heterocycles. The number of rotatable bonds is 4. The maximum absolute atomic E-state index is 12.3. The normalized spacial score (nSPS) is 11.0. The number of fused-ring (bicyclic) bond motifs is 1. The molecule has 0 saturated carbocycles. The van der Waals surface area contributed by atoms with Crippen LogP contribution in [-0.4, -0.2) is 30.5 Å². The quantitative estimate of drug-likeness (QED) is 0.621. The van der Waals surface area contributed by atoms with E-state index in [4.69, 9.17) is 0 Å². The number of aryl methyl sites for hydroxylation is 1.